The molecule has 1 aromatic rings. The van der Waals surface area contributed by atoms with Gasteiger partial charge in [-0.1, -0.05) is 29.8 Å². The van der Waals surface area contributed by atoms with Gasteiger partial charge in [-0.15, -0.1) is 0 Å². The minimum atomic E-state index is -0.360. The van der Waals surface area contributed by atoms with Crippen LogP contribution in [0.3, 0.4) is 0 Å². The Kier molecular flexibility index (Phi) is 6.99. The van der Waals surface area contributed by atoms with Crippen molar-refractivity contribution in [3.63, 3.8) is 0 Å². The van der Waals surface area contributed by atoms with Crippen molar-refractivity contribution in [1.82, 2.24) is 15.5 Å². The van der Waals surface area contributed by atoms with E-state index < -0.39 is 0 Å². The minimum absolute atomic E-state index is 0.348. The summed E-state index contributed by atoms with van der Waals surface area (Å²) in [5.74, 6) is -0.708. The summed E-state index contributed by atoms with van der Waals surface area (Å²) >= 11 is 3.39. The lowest BCUT2D eigenvalue weighted by atomic mass is 9.96. The molecule has 0 radical (unpaired) electrons. The normalized spacial score (nSPS) is 15.6. The van der Waals surface area contributed by atoms with Crippen molar-refractivity contribution in [2.24, 2.45) is 0 Å². The third-order valence-electron chi connectivity index (χ3n) is 4.17. The van der Waals surface area contributed by atoms with E-state index in [4.69, 9.17) is 0 Å². The fourth-order valence-electron chi connectivity index (χ4n) is 2.72. The standard InChI is InChI=1S/C18H24BrN3O2/c1-3-22(4-2)10-6-5-9-20-12-16-15-11-13(19)7-8-14(15)17(23)21-18(16)24/h7-8,11-12,20H,3-6,9-10H2,1-2H3,(H,21,23,24)/b16-12-. The summed E-state index contributed by atoms with van der Waals surface area (Å²) in [6.07, 6.45) is 3.86. The molecule has 0 spiro atoms. The lowest BCUT2D eigenvalue weighted by Gasteiger charge is -2.19. The Hall–Kier alpha value is -1.66. The van der Waals surface area contributed by atoms with E-state index in [0.717, 1.165) is 43.5 Å². The van der Waals surface area contributed by atoms with Gasteiger partial charge in [0.25, 0.3) is 11.8 Å². The summed E-state index contributed by atoms with van der Waals surface area (Å²) in [6, 6.07) is 5.32. The lowest BCUT2D eigenvalue weighted by Crippen LogP contribution is -2.37. The first-order valence-electron chi connectivity index (χ1n) is 8.38. The maximum absolute atomic E-state index is 12.1. The van der Waals surface area contributed by atoms with E-state index in [1.807, 2.05) is 0 Å². The van der Waals surface area contributed by atoms with Crippen LogP contribution in [0.1, 0.15) is 42.6 Å². The summed E-state index contributed by atoms with van der Waals surface area (Å²) in [4.78, 5) is 26.4. The van der Waals surface area contributed by atoms with Crippen LogP contribution in [-0.4, -0.2) is 42.9 Å². The number of rotatable bonds is 8. The Morgan fingerprint density at radius 2 is 1.88 bits per heavy atom. The van der Waals surface area contributed by atoms with Gasteiger partial charge in [-0.05, 0) is 50.7 Å². The van der Waals surface area contributed by atoms with Crippen LogP contribution < -0.4 is 10.6 Å². The predicted octanol–water partition coefficient (Wildman–Crippen LogP) is 2.77. The van der Waals surface area contributed by atoms with Crippen LogP contribution in [0.2, 0.25) is 0 Å². The molecule has 130 valence electrons. The number of nitrogens with one attached hydrogen (secondary N) is 2. The maximum atomic E-state index is 12.1. The van der Waals surface area contributed by atoms with Gasteiger partial charge in [0.15, 0.2) is 0 Å². The van der Waals surface area contributed by atoms with E-state index in [-0.39, 0.29) is 11.8 Å². The van der Waals surface area contributed by atoms with E-state index in [2.05, 4.69) is 45.3 Å². The topological polar surface area (TPSA) is 61.4 Å². The Morgan fingerprint density at radius 1 is 1.12 bits per heavy atom. The molecule has 0 atom stereocenters. The molecule has 0 unspecified atom stereocenters. The van der Waals surface area contributed by atoms with Crippen molar-refractivity contribution in [3.8, 4) is 0 Å². The molecule has 0 saturated heterocycles. The van der Waals surface area contributed by atoms with Crippen molar-refractivity contribution >= 4 is 33.3 Å². The molecule has 1 heterocycles. The molecule has 2 rings (SSSR count). The highest BCUT2D eigenvalue weighted by atomic mass is 79.9. The molecular formula is C18H24BrN3O2. The highest BCUT2D eigenvalue weighted by Gasteiger charge is 2.27. The Bertz CT molecular complexity index is 639. The van der Waals surface area contributed by atoms with E-state index in [1.54, 1.807) is 24.4 Å². The van der Waals surface area contributed by atoms with Crippen LogP contribution >= 0.6 is 15.9 Å². The van der Waals surface area contributed by atoms with Gasteiger partial charge in [-0.25, -0.2) is 0 Å². The molecule has 24 heavy (non-hydrogen) atoms. The molecule has 0 saturated carbocycles. The van der Waals surface area contributed by atoms with Gasteiger partial charge in [0.05, 0.1) is 5.57 Å². The van der Waals surface area contributed by atoms with E-state index in [9.17, 15) is 9.59 Å². The predicted molar refractivity (Wildman–Crippen MR) is 99.6 cm³/mol. The molecular weight excluding hydrogens is 370 g/mol. The molecule has 2 N–H and O–H groups in total. The minimum Gasteiger partial charge on any atom is -0.390 e. The van der Waals surface area contributed by atoms with Crippen LogP contribution in [0.4, 0.5) is 0 Å². The number of amides is 2. The third-order valence-corrected chi connectivity index (χ3v) is 4.67. The number of unbranched alkanes of at least 4 members (excludes halogenated alkanes) is 1. The molecule has 0 fully saturated rings. The van der Waals surface area contributed by atoms with E-state index >= 15 is 0 Å². The average Bonchev–Trinajstić information content (AvgIpc) is 2.56. The molecule has 1 aromatic carbocycles. The van der Waals surface area contributed by atoms with Crippen LogP contribution in [0, 0.1) is 0 Å². The van der Waals surface area contributed by atoms with E-state index in [1.165, 1.54) is 0 Å². The molecule has 0 aromatic heterocycles. The second-order valence-corrected chi connectivity index (χ2v) is 6.63. The number of carbonyl (C=O) groups is 2. The van der Waals surface area contributed by atoms with Gasteiger partial charge >= 0.3 is 0 Å². The second-order valence-electron chi connectivity index (χ2n) is 5.72. The highest BCUT2D eigenvalue weighted by molar-refractivity contribution is 9.10. The summed E-state index contributed by atoms with van der Waals surface area (Å²) in [5, 5.41) is 5.58. The largest absolute Gasteiger partial charge is 0.390 e. The van der Waals surface area contributed by atoms with Crippen LogP contribution in [0.15, 0.2) is 28.9 Å². The molecule has 0 bridgehead atoms. The zero-order valence-corrected chi connectivity index (χ0v) is 15.8. The zero-order chi connectivity index (χ0) is 17.5. The molecule has 2 amide bonds. The fraction of sp³-hybridized carbons (Fsp3) is 0.444. The number of carbonyl (C=O) groups excluding carboxylic acids is 2. The second kappa shape index (κ2) is 8.99. The molecule has 1 aliphatic rings. The number of imide groups is 1. The number of nitrogens with zero attached hydrogens (tertiary/aromatic N) is 1. The average molecular weight is 394 g/mol. The van der Waals surface area contributed by atoms with Crippen molar-refractivity contribution in [1.29, 1.82) is 0 Å². The summed E-state index contributed by atoms with van der Waals surface area (Å²) < 4.78 is 0.842. The van der Waals surface area contributed by atoms with Gasteiger partial charge in [0.1, 0.15) is 0 Å². The first-order valence-corrected chi connectivity index (χ1v) is 9.17. The SMILES string of the molecule is CCN(CC)CCCCN/C=C1\C(=O)NC(=O)c2ccc(Br)cc21. The molecule has 5 nitrogen and oxygen atoms in total. The van der Waals surface area contributed by atoms with Crippen LogP contribution in [0.25, 0.3) is 5.57 Å². The van der Waals surface area contributed by atoms with Gasteiger partial charge < -0.3 is 10.2 Å². The summed E-state index contributed by atoms with van der Waals surface area (Å²) in [7, 11) is 0. The monoisotopic (exact) mass is 393 g/mol. The first kappa shape index (κ1) is 18.7. The quantitative estimate of drug-likeness (QED) is 0.405. The van der Waals surface area contributed by atoms with E-state index in [0.29, 0.717) is 16.7 Å². The van der Waals surface area contributed by atoms with Crippen molar-refractivity contribution in [3.05, 3.63) is 40.0 Å². The smallest absolute Gasteiger partial charge is 0.260 e. The van der Waals surface area contributed by atoms with Gasteiger partial charge in [-0.3, -0.25) is 14.9 Å². The van der Waals surface area contributed by atoms with Gasteiger partial charge in [0.2, 0.25) is 0 Å². The molecule has 0 aliphatic carbocycles. The summed E-state index contributed by atoms with van der Waals surface area (Å²) in [6.45, 7) is 8.39. The number of fused-ring (bicyclic) bond motifs is 1. The highest BCUT2D eigenvalue weighted by Crippen LogP contribution is 2.26. The Labute approximate surface area is 151 Å². The van der Waals surface area contributed by atoms with Gasteiger partial charge in [0, 0.05) is 28.3 Å². The molecule has 6 heteroatoms. The fourth-order valence-corrected chi connectivity index (χ4v) is 3.08. The Balaban J connectivity index is 1.95. The zero-order valence-electron chi connectivity index (χ0n) is 14.2. The third kappa shape index (κ3) is 4.68. The number of halogens is 1. The Morgan fingerprint density at radius 3 is 2.58 bits per heavy atom. The lowest BCUT2D eigenvalue weighted by molar-refractivity contribution is -0.114. The first-order chi connectivity index (χ1) is 11.6. The molecule has 1 aliphatic heterocycles. The number of benzene rings is 1. The van der Waals surface area contributed by atoms with Crippen LogP contribution in [-0.2, 0) is 4.79 Å². The van der Waals surface area contributed by atoms with Crippen molar-refractivity contribution < 1.29 is 9.59 Å². The number of hydrogen-bond donors (Lipinski definition) is 2. The van der Waals surface area contributed by atoms with Crippen molar-refractivity contribution in [2.45, 2.75) is 26.7 Å². The number of hydrogen-bond acceptors (Lipinski definition) is 4. The van der Waals surface area contributed by atoms with Crippen molar-refractivity contribution in [2.75, 3.05) is 26.2 Å². The maximum Gasteiger partial charge on any atom is 0.260 e. The van der Waals surface area contributed by atoms with Crippen LogP contribution in [0.5, 0.6) is 0 Å². The van der Waals surface area contributed by atoms with Gasteiger partial charge in [-0.2, -0.15) is 0 Å². The summed E-state index contributed by atoms with van der Waals surface area (Å²) in [5.41, 5.74) is 1.68.